The molecule has 0 saturated heterocycles. The van der Waals surface area contributed by atoms with Gasteiger partial charge >= 0.3 is 0 Å². The summed E-state index contributed by atoms with van der Waals surface area (Å²) in [7, 11) is 1.80. The molecule has 1 aliphatic carbocycles. The van der Waals surface area contributed by atoms with Crippen LogP contribution < -0.4 is 10.6 Å². The van der Waals surface area contributed by atoms with E-state index in [0.717, 1.165) is 11.7 Å². The SMILES string of the molecule is CNc1ncc(Cl)c(NC2CCC(C)C2)n1. The largest absolute Gasteiger partial charge is 0.366 e. The molecule has 2 rings (SSSR count). The fraction of sp³-hybridized carbons (Fsp3) is 0.636. The molecule has 0 radical (unpaired) electrons. The molecule has 5 heteroatoms. The highest BCUT2D eigenvalue weighted by atomic mass is 35.5. The first-order valence-corrected chi connectivity index (χ1v) is 6.03. The molecule has 0 bridgehead atoms. The molecule has 1 aromatic rings. The van der Waals surface area contributed by atoms with Crippen molar-refractivity contribution in [2.75, 3.05) is 17.7 Å². The minimum Gasteiger partial charge on any atom is -0.366 e. The summed E-state index contributed by atoms with van der Waals surface area (Å²) in [6.45, 7) is 2.28. The first-order valence-electron chi connectivity index (χ1n) is 5.66. The van der Waals surface area contributed by atoms with Crippen molar-refractivity contribution in [1.82, 2.24) is 9.97 Å². The van der Waals surface area contributed by atoms with Crippen LogP contribution in [0.2, 0.25) is 5.02 Å². The van der Waals surface area contributed by atoms with E-state index < -0.39 is 0 Å². The molecule has 16 heavy (non-hydrogen) atoms. The first kappa shape index (κ1) is 11.5. The lowest BCUT2D eigenvalue weighted by Gasteiger charge is -2.14. The molecule has 0 spiro atoms. The van der Waals surface area contributed by atoms with E-state index >= 15 is 0 Å². The standard InChI is InChI=1S/C11H17ClN4/c1-7-3-4-8(5-7)15-10-9(12)6-14-11(13-2)16-10/h6-8H,3-5H2,1-2H3,(H2,13,14,15,16). The van der Waals surface area contributed by atoms with Gasteiger partial charge in [-0.1, -0.05) is 18.5 Å². The Balaban J connectivity index is 2.08. The van der Waals surface area contributed by atoms with Crippen molar-refractivity contribution in [2.45, 2.75) is 32.2 Å². The zero-order valence-corrected chi connectivity index (χ0v) is 10.4. The van der Waals surface area contributed by atoms with Gasteiger partial charge in [-0.25, -0.2) is 4.98 Å². The summed E-state index contributed by atoms with van der Waals surface area (Å²) in [5.74, 6) is 2.12. The molecule has 1 saturated carbocycles. The Morgan fingerprint density at radius 3 is 2.88 bits per heavy atom. The molecule has 2 unspecified atom stereocenters. The lowest BCUT2D eigenvalue weighted by atomic mass is 10.1. The smallest absolute Gasteiger partial charge is 0.224 e. The number of rotatable bonds is 3. The lowest BCUT2D eigenvalue weighted by molar-refractivity contribution is 0.602. The topological polar surface area (TPSA) is 49.8 Å². The number of nitrogens with one attached hydrogen (secondary N) is 2. The molecule has 1 aliphatic rings. The van der Waals surface area contributed by atoms with E-state index in [1.807, 2.05) is 0 Å². The van der Waals surface area contributed by atoms with Crippen molar-refractivity contribution in [3.63, 3.8) is 0 Å². The molecule has 0 aliphatic heterocycles. The Kier molecular flexibility index (Phi) is 3.49. The maximum atomic E-state index is 6.05. The van der Waals surface area contributed by atoms with Crippen LogP contribution in [0.4, 0.5) is 11.8 Å². The Hall–Kier alpha value is -1.03. The quantitative estimate of drug-likeness (QED) is 0.853. The van der Waals surface area contributed by atoms with Crippen molar-refractivity contribution in [1.29, 1.82) is 0 Å². The van der Waals surface area contributed by atoms with Crippen molar-refractivity contribution in [3.8, 4) is 0 Å². The van der Waals surface area contributed by atoms with Crippen LogP contribution in [0, 0.1) is 5.92 Å². The van der Waals surface area contributed by atoms with Crippen LogP contribution in [-0.4, -0.2) is 23.1 Å². The normalized spacial score (nSPS) is 24.4. The van der Waals surface area contributed by atoms with Gasteiger partial charge in [-0.15, -0.1) is 0 Å². The van der Waals surface area contributed by atoms with Crippen molar-refractivity contribution < 1.29 is 0 Å². The van der Waals surface area contributed by atoms with Crippen LogP contribution in [-0.2, 0) is 0 Å². The highest BCUT2D eigenvalue weighted by Crippen LogP contribution is 2.29. The van der Waals surface area contributed by atoms with Gasteiger partial charge in [0, 0.05) is 13.1 Å². The van der Waals surface area contributed by atoms with Crippen molar-refractivity contribution in [3.05, 3.63) is 11.2 Å². The van der Waals surface area contributed by atoms with Crippen LogP contribution in [0.1, 0.15) is 26.2 Å². The van der Waals surface area contributed by atoms with Crippen molar-refractivity contribution >= 4 is 23.4 Å². The maximum absolute atomic E-state index is 6.05. The summed E-state index contributed by atoms with van der Waals surface area (Å²) in [5.41, 5.74) is 0. The van der Waals surface area contributed by atoms with Gasteiger partial charge in [0.15, 0.2) is 5.82 Å². The fourth-order valence-electron chi connectivity index (χ4n) is 2.12. The number of hydrogen-bond donors (Lipinski definition) is 2. The fourth-order valence-corrected chi connectivity index (χ4v) is 2.27. The highest BCUT2D eigenvalue weighted by molar-refractivity contribution is 6.32. The van der Waals surface area contributed by atoms with E-state index in [0.29, 0.717) is 17.0 Å². The van der Waals surface area contributed by atoms with Gasteiger partial charge in [0.05, 0.1) is 6.20 Å². The van der Waals surface area contributed by atoms with Gasteiger partial charge in [0.25, 0.3) is 0 Å². The number of anilines is 2. The van der Waals surface area contributed by atoms with Crippen LogP contribution in [0.5, 0.6) is 0 Å². The van der Waals surface area contributed by atoms with E-state index in [1.165, 1.54) is 19.3 Å². The second kappa shape index (κ2) is 4.87. The highest BCUT2D eigenvalue weighted by Gasteiger charge is 2.22. The summed E-state index contributed by atoms with van der Waals surface area (Å²) in [6, 6.07) is 0.493. The molecule has 4 nitrogen and oxygen atoms in total. The van der Waals surface area contributed by atoms with Crippen LogP contribution in [0.25, 0.3) is 0 Å². The van der Waals surface area contributed by atoms with Crippen LogP contribution in [0.3, 0.4) is 0 Å². The molecule has 0 amide bonds. The van der Waals surface area contributed by atoms with E-state index in [-0.39, 0.29) is 0 Å². The second-order valence-corrected chi connectivity index (χ2v) is 4.81. The third-order valence-corrected chi connectivity index (χ3v) is 3.28. The average Bonchev–Trinajstić information content (AvgIpc) is 2.67. The Bertz CT molecular complexity index is 369. The third-order valence-electron chi connectivity index (χ3n) is 3.00. The first-order chi connectivity index (χ1) is 7.69. The Morgan fingerprint density at radius 1 is 1.44 bits per heavy atom. The zero-order valence-electron chi connectivity index (χ0n) is 9.63. The minimum absolute atomic E-state index is 0.493. The summed E-state index contributed by atoms with van der Waals surface area (Å²) in [6.07, 6.45) is 5.28. The molecule has 1 aromatic heterocycles. The van der Waals surface area contributed by atoms with E-state index in [1.54, 1.807) is 13.2 Å². The zero-order chi connectivity index (χ0) is 11.5. The average molecular weight is 241 g/mol. The molecule has 1 heterocycles. The lowest BCUT2D eigenvalue weighted by Crippen LogP contribution is -2.17. The van der Waals surface area contributed by atoms with E-state index in [9.17, 15) is 0 Å². The Labute approximate surface area is 101 Å². The molecule has 2 atom stereocenters. The molecular formula is C11H17ClN4. The van der Waals surface area contributed by atoms with Gasteiger partial charge < -0.3 is 10.6 Å². The molecular weight excluding hydrogens is 224 g/mol. The third kappa shape index (κ3) is 2.55. The molecule has 88 valence electrons. The van der Waals surface area contributed by atoms with Gasteiger partial charge in [0.2, 0.25) is 5.95 Å². The summed E-state index contributed by atoms with van der Waals surface area (Å²) in [4.78, 5) is 8.37. The summed E-state index contributed by atoms with van der Waals surface area (Å²) < 4.78 is 0. The van der Waals surface area contributed by atoms with Crippen LogP contribution in [0.15, 0.2) is 6.20 Å². The molecule has 1 fully saturated rings. The maximum Gasteiger partial charge on any atom is 0.224 e. The van der Waals surface area contributed by atoms with Crippen LogP contribution >= 0.6 is 11.6 Å². The van der Waals surface area contributed by atoms with E-state index in [4.69, 9.17) is 11.6 Å². The summed E-state index contributed by atoms with van der Waals surface area (Å²) in [5, 5.41) is 6.88. The monoisotopic (exact) mass is 240 g/mol. The van der Waals surface area contributed by atoms with Gasteiger partial charge in [-0.2, -0.15) is 4.98 Å². The predicted molar refractivity (Wildman–Crippen MR) is 67.0 cm³/mol. The predicted octanol–water partition coefficient (Wildman–Crippen LogP) is 2.77. The molecule has 2 N–H and O–H groups in total. The number of aromatic nitrogens is 2. The molecule has 0 aromatic carbocycles. The Morgan fingerprint density at radius 2 is 2.25 bits per heavy atom. The minimum atomic E-state index is 0.493. The van der Waals surface area contributed by atoms with Crippen molar-refractivity contribution in [2.24, 2.45) is 5.92 Å². The van der Waals surface area contributed by atoms with Gasteiger partial charge in [-0.3, -0.25) is 0 Å². The second-order valence-electron chi connectivity index (χ2n) is 4.40. The van der Waals surface area contributed by atoms with E-state index in [2.05, 4.69) is 27.5 Å². The number of halogens is 1. The number of nitrogens with zero attached hydrogens (tertiary/aromatic N) is 2. The number of hydrogen-bond acceptors (Lipinski definition) is 4. The summed E-state index contributed by atoms with van der Waals surface area (Å²) >= 11 is 6.05. The van der Waals surface area contributed by atoms with Gasteiger partial charge in [0.1, 0.15) is 5.02 Å². The van der Waals surface area contributed by atoms with Gasteiger partial charge in [-0.05, 0) is 25.2 Å².